The first-order chi connectivity index (χ1) is 11.7. The van der Waals surface area contributed by atoms with Gasteiger partial charge in [-0.1, -0.05) is 24.3 Å². The predicted octanol–water partition coefficient (Wildman–Crippen LogP) is 1.93. The van der Waals surface area contributed by atoms with Crippen LogP contribution in [0.4, 0.5) is 5.69 Å². The van der Waals surface area contributed by atoms with Gasteiger partial charge in [0.25, 0.3) is 5.69 Å². The van der Waals surface area contributed by atoms with Crippen molar-refractivity contribution < 1.29 is 14.5 Å². The van der Waals surface area contributed by atoms with Crippen molar-refractivity contribution in [2.75, 3.05) is 0 Å². The summed E-state index contributed by atoms with van der Waals surface area (Å²) in [6.45, 7) is -0.208. The number of nitrogens with zero attached hydrogens (tertiary/aromatic N) is 5. The maximum absolute atomic E-state index is 12.3. The zero-order valence-electron chi connectivity index (χ0n) is 12.3. The molecule has 9 heteroatoms. The van der Waals surface area contributed by atoms with Crippen LogP contribution < -0.4 is 0 Å². The number of hydrogen-bond donors (Lipinski definition) is 0. The normalized spacial score (nSPS) is 10.3. The van der Waals surface area contributed by atoms with Crippen molar-refractivity contribution in [3.8, 4) is 5.69 Å². The summed E-state index contributed by atoms with van der Waals surface area (Å²) in [7, 11) is 0. The van der Waals surface area contributed by atoms with Crippen molar-refractivity contribution in [1.82, 2.24) is 20.2 Å². The summed E-state index contributed by atoms with van der Waals surface area (Å²) in [4.78, 5) is 22.8. The Morgan fingerprint density at radius 1 is 1.17 bits per heavy atom. The summed E-state index contributed by atoms with van der Waals surface area (Å²) >= 11 is 0. The Morgan fingerprint density at radius 2 is 1.92 bits per heavy atom. The molecule has 0 spiro atoms. The molecule has 0 bridgehead atoms. The highest BCUT2D eigenvalue weighted by molar-refractivity contribution is 5.93. The van der Waals surface area contributed by atoms with Crippen LogP contribution in [0.15, 0.2) is 54.9 Å². The van der Waals surface area contributed by atoms with Crippen LogP contribution in [0.3, 0.4) is 0 Å². The van der Waals surface area contributed by atoms with Gasteiger partial charge in [0.2, 0.25) is 0 Å². The van der Waals surface area contributed by atoms with Crippen molar-refractivity contribution in [2.45, 2.75) is 6.61 Å². The first kappa shape index (κ1) is 15.3. The van der Waals surface area contributed by atoms with Gasteiger partial charge in [0.05, 0.1) is 21.7 Å². The van der Waals surface area contributed by atoms with E-state index in [1.54, 1.807) is 42.5 Å². The highest BCUT2D eigenvalue weighted by Gasteiger charge is 2.17. The lowest BCUT2D eigenvalue weighted by Gasteiger charge is -2.09. The molecule has 0 radical (unpaired) electrons. The van der Waals surface area contributed by atoms with Gasteiger partial charge in [0.1, 0.15) is 12.9 Å². The molecule has 0 fully saturated rings. The quantitative estimate of drug-likeness (QED) is 0.400. The van der Waals surface area contributed by atoms with Gasteiger partial charge in [-0.2, -0.15) is 4.68 Å². The summed E-state index contributed by atoms with van der Waals surface area (Å²) in [5, 5.41) is 21.8. The molecule has 0 unspecified atom stereocenters. The minimum atomic E-state index is -0.626. The molecule has 0 N–H and O–H groups in total. The van der Waals surface area contributed by atoms with E-state index < -0.39 is 10.9 Å². The molecule has 3 rings (SSSR count). The number of aromatic nitrogens is 4. The fourth-order valence-corrected chi connectivity index (χ4v) is 2.15. The van der Waals surface area contributed by atoms with Crippen molar-refractivity contribution in [2.24, 2.45) is 0 Å². The Labute approximate surface area is 135 Å². The van der Waals surface area contributed by atoms with Crippen molar-refractivity contribution in [3.63, 3.8) is 0 Å². The second-order valence-corrected chi connectivity index (χ2v) is 4.73. The number of rotatable bonds is 5. The average molecular weight is 325 g/mol. The van der Waals surface area contributed by atoms with Crippen molar-refractivity contribution in [3.05, 3.63) is 76.1 Å². The van der Waals surface area contributed by atoms with E-state index in [9.17, 15) is 14.9 Å². The summed E-state index contributed by atoms with van der Waals surface area (Å²) in [6.07, 6.45) is 1.36. The molecule has 0 aliphatic rings. The number of carbonyl (C=O) groups is 1. The molecule has 24 heavy (non-hydrogen) atoms. The largest absolute Gasteiger partial charge is 0.457 e. The smallest absolute Gasteiger partial charge is 0.340 e. The second-order valence-electron chi connectivity index (χ2n) is 4.73. The van der Waals surface area contributed by atoms with Gasteiger partial charge >= 0.3 is 5.97 Å². The standard InChI is InChI=1S/C15H11N5O4/c21-15(24-9-11-5-1-3-7-13(11)20(22)23)12-6-2-4-8-14(12)19-10-16-17-18-19/h1-8,10H,9H2. The van der Waals surface area contributed by atoms with Crippen LogP contribution in [0.5, 0.6) is 0 Å². The Hall–Kier alpha value is -3.62. The lowest BCUT2D eigenvalue weighted by atomic mass is 10.1. The molecule has 2 aromatic carbocycles. The zero-order valence-corrected chi connectivity index (χ0v) is 12.3. The summed E-state index contributed by atoms with van der Waals surface area (Å²) < 4.78 is 6.55. The van der Waals surface area contributed by atoms with Gasteiger partial charge in [-0.3, -0.25) is 10.1 Å². The molecule has 1 aromatic heterocycles. The van der Waals surface area contributed by atoms with Crippen molar-refractivity contribution >= 4 is 11.7 Å². The number of para-hydroxylation sites is 2. The fourth-order valence-electron chi connectivity index (χ4n) is 2.15. The second kappa shape index (κ2) is 6.65. The number of ether oxygens (including phenoxy) is 1. The van der Waals surface area contributed by atoms with Gasteiger partial charge < -0.3 is 4.74 Å². The third-order valence-corrected chi connectivity index (χ3v) is 3.27. The lowest BCUT2D eigenvalue weighted by molar-refractivity contribution is -0.385. The number of hydrogen-bond acceptors (Lipinski definition) is 7. The van der Waals surface area contributed by atoms with Crippen LogP contribution in [0.1, 0.15) is 15.9 Å². The van der Waals surface area contributed by atoms with E-state index in [-0.39, 0.29) is 17.9 Å². The molecule has 0 amide bonds. The molecule has 0 aliphatic carbocycles. The number of benzene rings is 2. The Bertz CT molecular complexity index is 879. The highest BCUT2D eigenvalue weighted by Crippen LogP contribution is 2.20. The van der Waals surface area contributed by atoms with Gasteiger partial charge in [0.15, 0.2) is 0 Å². The summed E-state index contributed by atoms with van der Waals surface area (Å²) in [6, 6.07) is 12.7. The summed E-state index contributed by atoms with van der Waals surface area (Å²) in [5.41, 5.74) is 0.924. The van der Waals surface area contributed by atoms with Crippen LogP contribution in [-0.2, 0) is 11.3 Å². The molecule has 0 saturated heterocycles. The van der Waals surface area contributed by atoms with Crippen LogP contribution in [0.2, 0.25) is 0 Å². The molecule has 1 heterocycles. The van der Waals surface area contributed by atoms with Gasteiger partial charge in [-0.05, 0) is 28.6 Å². The third kappa shape index (κ3) is 3.09. The minimum Gasteiger partial charge on any atom is -0.457 e. The highest BCUT2D eigenvalue weighted by atomic mass is 16.6. The number of nitro groups is 1. The van der Waals surface area contributed by atoms with Gasteiger partial charge in [0, 0.05) is 6.07 Å². The number of tetrazole rings is 1. The van der Waals surface area contributed by atoms with E-state index in [0.717, 1.165) is 0 Å². The molecule has 3 aromatic rings. The SMILES string of the molecule is O=C(OCc1ccccc1[N+](=O)[O-])c1ccccc1-n1cnnn1. The Morgan fingerprint density at radius 3 is 2.67 bits per heavy atom. The van der Waals surface area contributed by atoms with Crippen LogP contribution in [-0.4, -0.2) is 31.1 Å². The van der Waals surface area contributed by atoms with E-state index in [4.69, 9.17) is 4.74 Å². The van der Waals surface area contributed by atoms with Crippen LogP contribution >= 0.6 is 0 Å². The third-order valence-electron chi connectivity index (χ3n) is 3.27. The van der Waals surface area contributed by atoms with Gasteiger partial charge in [-0.25, -0.2) is 4.79 Å². The van der Waals surface area contributed by atoms with E-state index >= 15 is 0 Å². The van der Waals surface area contributed by atoms with Crippen molar-refractivity contribution in [1.29, 1.82) is 0 Å². The maximum atomic E-state index is 12.3. The molecular weight excluding hydrogens is 314 g/mol. The molecule has 0 atom stereocenters. The fraction of sp³-hybridized carbons (Fsp3) is 0.0667. The van der Waals surface area contributed by atoms with E-state index in [2.05, 4.69) is 15.5 Å². The van der Waals surface area contributed by atoms with E-state index in [1.807, 2.05) is 0 Å². The molecule has 9 nitrogen and oxygen atoms in total. The van der Waals surface area contributed by atoms with E-state index in [0.29, 0.717) is 11.3 Å². The predicted molar refractivity (Wildman–Crippen MR) is 81.4 cm³/mol. The van der Waals surface area contributed by atoms with E-state index in [1.165, 1.54) is 17.1 Å². The molecule has 120 valence electrons. The van der Waals surface area contributed by atoms with Gasteiger partial charge in [-0.15, -0.1) is 5.10 Å². The average Bonchev–Trinajstić information content (AvgIpc) is 3.14. The minimum absolute atomic E-state index is 0.0981. The molecule has 0 aliphatic heterocycles. The maximum Gasteiger partial charge on any atom is 0.340 e. The molecular formula is C15H11N5O4. The topological polar surface area (TPSA) is 113 Å². The Kier molecular flexibility index (Phi) is 4.23. The Balaban J connectivity index is 1.81. The van der Waals surface area contributed by atoms with Crippen LogP contribution in [0, 0.1) is 10.1 Å². The first-order valence-corrected chi connectivity index (χ1v) is 6.88. The summed E-state index contributed by atoms with van der Waals surface area (Å²) in [5.74, 6) is -0.626. The first-order valence-electron chi connectivity index (χ1n) is 6.88. The van der Waals surface area contributed by atoms with Crippen LogP contribution in [0.25, 0.3) is 5.69 Å². The number of nitro benzene ring substituents is 1. The zero-order chi connectivity index (χ0) is 16.9. The monoisotopic (exact) mass is 325 g/mol. The number of carbonyl (C=O) groups excluding carboxylic acids is 1. The molecule has 0 saturated carbocycles. The number of esters is 1. The lowest BCUT2D eigenvalue weighted by Crippen LogP contribution is -2.11.